The van der Waals surface area contributed by atoms with Gasteiger partial charge in [0.2, 0.25) is 5.88 Å². The third-order valence-corrected chi connectivity index (χ3v) is 4.27. The molecule has 0 aliphatic heterocycles. The Kier molecular flexibility index (Phi) is 3.49. The van der Waals surface area contributed by atoms with Crippen LogP contribution in [-0.2, 0) is 0 Å². The van der Waals surface area contributed by atoms with Crippen LogP contribution in [0.25, 0.3) is 0 Å². The molecule has 0 amide bonds. The van der Waals surface area contributed by atoms with Gasteiger partial charge in [-0.15, -0.1) is 0 Å². The molecule has 104 valence electrons. The van der Waals surface area contributed by atoms with Gasteiger partial charge in [-0.3, -0.25) is 0 Å². The van der Waals surface area contributed by atoms with Crippen LogP contribution >= 0.6 is 0 Å². The molecule has 1 atom stereocenters. The van der Waals surface area contributed by atoms with E-state index in [1.54, 1.807) is 0 Å². The Morgan fingerprint density at radius 2 is 2.16 bits per heavy atom. The molecule has 19 heavy (non-hydrogen) atoms. The fraction of sp³-hybridized carbons (Fsp3) is 0.667. The monoisotopic (exact) mass is 261 g/mol. The molecule has 0 aromatic carbocycles. The minimum Gasteiger partial charge on any atom is -0.476 e. The van der Waals surface area contributed by atoms with E-state index in [0.717, 1.165) is 18.3 Å². The Hall–Kier alpha value is -1.45. The molecule has 3 N–H and O–H groups in total. The van der Waals surface area contributed by atoms with Crippen molar-refractivity contribution in [1.82, 2.24) is 4.98 Å². The fourth-order valence-corrected chi connectivity index (χ4v) is 2.42. The van der Waals surface area contributed by atoms with Gasteiger partial charge in [-0.25, -0.2) is 0 Å². The molecular formula is C15H23N3O. The Morgan fingerprint density at radius 3 is 2.79 bits per heavy atom. The minimum atomic E-state index is 0.473. The van der Waals surface area contributed by atoms with E-state index in [1.807, 2.05) is 12.1 Å². The van der Waals surface area contributed by atoms with E-state index in [9.17, 15) is 0 Å². The van der Waals surface area contributed by atoms with Crippen molar-refractivity contribution < 1.29 is 4.74 Å². The molecule has 1 unspecified atom stereocenters. The quantitative estimate of drug-likeness (QED) is 0.826. The van der Waals surface area contributed by atoms with Crippen LogP contribution in [0.3, 0.4) is 0 Å². The molecule has 0 bridgehead atoms. The van der Waals surface area contributed by atoms with Gasteiger partial charge in [0.25, 0.3) is 0 Å². The number of nitrogens with two attached hydrogens (primary N) is 1. The van der Waals surface area contributed by atoms with Crippen LogP contribution in [0.4, 0.5) is 11.5 Å². The number of nitrogens with zero attached hydrogens (tertiary/aromatic N) is 1. The SMILES string of the molecule is CC(Nc1ccc(N)c(OCC2CC2)n1)C1CCC1. The second kappa shape index (κ2) is 5.27. The number of hydrogen-bond acceptors (Lipinski definition) is 4. The van der Waals surface area contributed by atoms with E-state index in [0.29, 0.717) is 23.5 Å². The van der Waals surface area contributed by atoms with Gasteiger partial charge in [-0.05, 0) is 56.6 Å². The number of ether oxygens (including phenoxy) is 1. The van der Waals surface area contributed by atoms with Crippen molar-refractivity contribution in [3.63, 3.8) is 0 Å². The number of anilines is 2. The van der Waals surface area contributed by atoms with Crippen LogP contribution in [-0.4, -0.2) is 17.6 Å². The van der Waals surface area contributed by atoms with Crippen molar-refractivity contribution in [3.8, 4) is 5.88 Å². The first kappa shape index (κ1) is 12.6. The summed E-state index contributed by atoms with van der Waals surface area (Å²) >= 11 is 0. The summed E-state index contributed by atoms with van der Waals surface area (Å²) in [5, 5.41) is 3.47. The number of pyridine rings is 1. The second-order valence-corrected chi connectivity index (χ2v) is 5.97. The van der Waals surface area contributed by atoms with E-state index < -0.39 is 0 Å². The molecule has 0 radical (unpaired) electrons. The zero-order valence-corrected chi connectivity index (χ0v) is 11.6. The number of nitrogens with one attached hydrogen (secondary N) is 1. The molecular weight excluding hydrogens is 238 g/mol. The molecule has 2 saturated carbocycles. The van der Waals surface area contributed by atoms with Crippen molar-refractivity contribution in [1.29, 1.82) is 0 Å². The van der Waals surface area contributed by atoms with Crippen molar-refractivity contribution in [3.05, 3.63) is 12.1 Å². The van der Waals surface area contributed by atoms with Crippen LogP contribution in [0.15, 0.2) is 12.1 Å². The van der Waals surface area contributed by atoms with Gasteiger partial charge in [0.1, 0.15) is 5.82 Å². The Morgan fingerprint density at radius 1 is 1.37 bits per heavy atom. The average Bonchev–Trinajstić information content (AvgIpc) is 3.11. The lowest BCUT2D eigenvalue weighted by Crippen LogP contribution is -2.31. The van der Waals surface area contributed by atoms with Crippen LogP contribution in [0.1, 0.15) is 39.0 Å². The lowest BCUT2D eigenvalue weighted by atomic mass is 9.80. The molecule has 3 rings (SSSR count). The first-order valence-electron chi connectivity index (χ1n) is 7.38. The summed E-state index contributed by atoms with van der Waals surface area (Å²) in [4.78, 5) is 4.49. The summed E-state index contributed by atoms with van der Waals surface area (Å²) in [6.45, 7) is 2.98. The van der Waals surface area contributed by atoms with Crippen molar-refractivity contribution in [2.24, 2.45) is 11.8 Å². The maximum Gasteiger partial charge on any atom is 0.239 e. The molecule has 1 aromatic heterocycles. The van der Waals surface area contributed by atoms with Crippen molar-refractivity contribution in [2.75, 3.05) is 17.7 Å². The van der Waals surface area contributed by atoms with E-state index in [2.05, 4.69) is 17.2 Å². The molecule has 0 spiro atoms. The van der Waals surface area contributed by atoms with Gasteiger partial charge in [0.05, 0.1) is 12.3 Å². The van der Waals surface area contributed by atoms with Crippen LogP contribution in [0.5, 0.6) is 5.88 Å². The highest BCUT2D eigenvalue weighted by Gasteiger charge is 2.25. The first-order valence-corrected chi connectivity index (χ1v) is 7.38. The van der Waals surface area contributed by atoms with Gasteiger partial charge in [-0.1, -0.05) is 6.42 Å². The lowest BCUT2D eigenvalue weighted by molar-refractivity contribution is 0.282. The molecule has 4 heteroatoms. The molecule has 1 aromatic rings. The maximum atomic E-state index is 5.91. The predicted octanol–water partition coefficient (Wildman–Crippen LogP) is 3.05. The van der Waals surface area contributed by atoms with Crippen LogP contribution in [0.2, 0.25) is 0 Å². The van der Waals surface area contributed by atoms with Crippen LogP contribution < -0.4 is 15.8 Å². The van der Waals surface area contributed by atoms with Crippen LogP contribution in [0, 0.1) is 11.8 Å². The second-order valence-electron chi connectivity index (χ2n) is 5.97. The lowest BCUT2D eigenvalue weighted by Gasteiger charge is -2.32. The van der Waals surface area contributed by atoms with Gasteiger partial charge in [-0.2, -0.15) is 4.98 Å². The summed E-state index contributed by atoms with van der Waals surface area (Å²) in [5.74, 6) is 2.96. The summed E-state index contributed by atoms with van der Waals surface area (Å²) in [7, 11) is 0. The molecule has 2 aliphatic rings. The average molecular weight is 261 g/mol. The molecule has 4 nitrogen and oxygen atoms in total. The Bertz CT molecular complexity index is 441. The highest BCUT2D eigenvalue weighted by atomic mass is 16.5. The largest absolute Gasteiger partial charge is 0.476 e. The highest BCUT2D eigenvalue weighted by molar-refractivity contribution is 5.53. The van der Waals surface area contributed by atoms with Crippen molar-refractivity contribution >= 4 is 11.5 Å². The number of rotatable bonds is 6. The number of nitrogen functional groups attached to an aromatic ring is 1. The third kappa shape index (κ3) is 3.11. The Labute approximate surface area is 114 Å². The summed E-state index contributed by atoms with van der Waals surface area (Å²) in [6.07, 6.45) is 6.57. The normalized spacial score (nSPS) is 20.7. The van der Waals surface area contributed by atoms with Gasteiger partial charge < -0.3 is 15.8 Å². The molecule has 2 fully saturated rings. The summed E-state index contributed by atoms with van der Waals surface area (Å²) in [5.41, 5.74) is 6.54. The Balaban J connectivity index is 1.61. The molecule has 0 saturated heterocycles. The van der Waals surface area contributed by atoms with Gasteiger partial charge in [0, 0.05) is 6.04 Å². The molecule has 1 heterocycles. The number of hydrogen-bond donors (Lipinski definition) is 2. The minimum absolute atomic E-state index is 0.473. The number of aromatic nitrogens is 1. The zero-order valence-electron chi connectivity index (χ0n) is 11.6. The topological polar surface area (TPSA) is 60.2 Å². The fourth-order valence-electron chi connectivity index (χ4n) is 2.42. The predicted molar refractivity (Wildman–Crippen MR) is 77.3 cm³/mol. The summed E-state index contributed by atoms with van der Waals surface area (Å²) < 4.78 is 5.71. The van der Waals surface area contributed by atoms with E-state index in [-0.39, 0.29) is 0 Å². The smallest absolute Gasteiger partial charge is 0.239 e. The van der Waals surface area contributed by atoms with Crippen molar-refractivity contribution in [2.45, 2.75) is 45.1 Å². The standard InChI is InChI=1S/C15H23N3O/c1-10(12-3-2-4-12)17-14-8-7-13(16)15(18-14)19-9-11-5-6-11/h7-8,10-12H,2-6,9,16H2,1H3,(H,17,18). The summed E-state index contributed by atoms with van der Waals surface area (Å²) in [6, 6.07) is 4.29. The van der Waals surface area contributed by atoms with E-state index in [4.69, 9.17) is 10.5 Å². The first-order chi connectivity index (χ1) is 9.22. The van der Waals surface area contributed by atoms with E-state index >= 15 is 0 Å². The molecule has 2 aliphatic carbocycles. The zero-order chi connectivity index (χ0) is 13.2. The third-order valence-electron chi connectivity index (χ3n) is 4.27. The van der Waals surface area contributed by atoms with Gasteiger partial charge in [0.15, 0.2) is 0 Å². The maximum absolute atomic E-state index is 5.91. The highest BCUT2D eigenvalue weighted by Crippen LogP contribution is 2.32. The van der Waals surface area contributed by atoms with E-state index in [1.165, 1.54) is 32.1 Å². The van der Waals surface area contributed by atoms with Gasteiger partial charge >= 0.3 is 0 Å².